The molecule has 0 amide bonds. The molecular weight excluding hydrogens is 267 g/mol. The van der Waals surface area contributed by atoms with Crippen LogP contribution < -0.4 is 0 Å². The second kappa shape index (κ2) is 5.36. The molecule has 5 heteroatoms. The van der Waals surface area contributed by atoms with Gasteiger partial charge in [-0.1, -0.05) is 30.3 Å². The van der Waals surface area contributed by atoms with Crippen molar-refractivity contribution in [1.82, 2.24) is 0 Å². The lowest BCUT2D eigenvalue weighted by molar-refractivity contribution is -0.358. The van der Waals surface area contributed by atoms with Gasteiger partial charge in [0, 0.05) is 11.6 Å². The summed E-state index contributed by atoms with van der Waals surface area (Å²) in [7, 11) is 0. The topological polar surface area (TPSA) is 26.1 Å². The predicted molar refractivity (Wildman–Crippen MR) is 71.1 cm³/mol. The molecule has 0 heterocycles. The van der Waals surface area contributed by atoms with Crippen molar-refractivity contribution in [2.24, 2.45) is 0 Å². The van der Waals surface area contributed by atoms with Crippen molar-refractivity contribution < 1.29 is 17.9 Å². The van der Waals surface area contributed by atoms with Crippen LogP contribution in [-0.4, -0.2) is 11.0 Å². The van der Waals surface area contributed by atoms with Crippen LogP contribution in [0.2, 0.25) is 0 Å². The van der Waals surface area contributed by atoms with Gasteiger partial charge in [0.15, 0.2) is 6.21 Å². The van der Waals surface area contributed by atoms with Crippen LogP contribution in [0.25, 0.3) is 0 Å². The van der Waals surface area contributed by atoms with E-state index in [1.165, 1.54) is 12.1 Å². The Balaban J connectivity index is 2.50. The lowest BCUT2D eigenvalue weighted by Crippen LogP contribution is -2.10. The summed E-state index contributed by atoms with van der Waals surface area (Å²) in [6.45, 7) is 1.79. The first kappa shape index (κ1) is 14.1. The summed E-state index contributed by atoms with van der Waals surface area (Å²) in [5.41, 5.74) is 0.0420. The highest BCUT2D eigenvalue weighted by Crippen LogP contribution is 2.35. The third-order valence-corrected chi connectivity index (χ3v) is 2.89. The van der Waals surface area contributed by atoms with Gasteiger partial charge in [-0.15, -0.1) is 0 Å². The summed E-state index contributed by atoms with van der Waals surface area (Å²) in [4.78, 5) is 0. The quantitative estimate of drug-likeness (QED) is 0.349. The molecule has 0 spiro atoms. The minimum absolute atomic E-state index is 0.255. The van der Waals surface area contributed by atoms with Gasteiger partial charge in [-0.25, -0.2) is 0 Å². The van der Waals surface area contributed by atoms with Crippen LogP contribution in [0.1, 0.15) is 16.7 Å². The van der Waals surface area contributed by atoms with E-state index in [2.05, 4.69) is 0 Å². The van der Waals surface area contributed by atoms with E-state index in [1.807, 2.05) is 0 Å². The number of nitrogens with zero attached hydrogens (tertiary/aromatic N) is 1. The largest absolute Gasteiger partial charge is 0.618 e. The van der Waals surface area contributed by atoms with Gasteiger partial charge in [-0.3, -0.25) is 0 Å². The van der Waals surface area contributed by atoms with E-state index < -0.39 is 17.4 Å². The molecule has 20 heavy (non-hydrogen) atoms. The molecule has 0 unspecified atom stereocenters. The molecule has 2 rings (SSSR count). The van der Waals surface area contributed by atoms with Crippen LogP contribution in [0.15, 0.2) is 48.5 Å². The van der Waals surface area contributed by atoms with Crippen molar-refractivity contribution in [3.63, 3.8) is 0 Å². The molecule has 2 aromatic rings. The van der Waals surface area contributed by atoms with E-state index in [0.29, 0.717) is 5.56 Å². The van der Waals surface area contributed by atoms with E-state index >= 15 is 0 Å². The molecule has 0 N–H and O–H groups in total. The van der Waals surface area contributed by atoms with Crippen LogP contribution in [0, 0.1) is 12.1 Å². The van der Waals surface area contributed by atoms with E-state index in [9.17, 15) is 18.4 Å². The second-order valence-electron chi connectivity index (χ2n) is 4.33. The molecule has 0 bridgehead atoms. The fraction of sp³-hybridized carbons (Fsp3) is 0.133. The van der Waals surface area contributed by atoms with Gasteiger partial charge >= 0.3 is 6.18 Å². The first-order chi connectivity index (χ1) is 9.39. The van der Waals surface area contributed by atoms with Gasteiger partial charge in [-0.2, -0.15) is 17.9 Å². The number of benzene rings is 2. The van der Waals surface area contributed by atoms with Gasteiger partial charge in [-0.05, 0) is 24.6 Å². The minimum Gasteiger partial charge on any atom is -0.618 e. The molecule has 0 aliphatic rings. The molecule has 0 aliphatic heterocycles. The Morgan fingerprint density at radius 2 is 1.60 bits per heavy atom. The summed E-state index contributed by atoms with van der Waals surface area (Å²) in [5.74, 6) is 0. The van der Waals surface area contributed by atoms with Crippen LogP contribution in [0.4, 0.5) is 18.9 Å². The number of halogens is 3. The van der Waals surface area contributed by atoms with Crippen LogP contribution in [-0.2, 0) is 6.18 Å². The number of rotatable bonds is 2. The molecular formula is C15H12F3NO. The van der Waals surface area contributed by atoms with Crippen molar-refractivity contribution in [2.75, 3.05) is 0 Å². The van der Waals surface area contributed by atoms with Crippen molar-refractivity contribution in [2.45, 2.75) is 13.1 Å². The molecule has 2 aromatic carbocycles. The van der Waals surface area contributed by atoms with Gasteiger partial charge < -0.3 is 5.21 Å². The zero-order chi connectivity index (χ0) is 14.8. The number of hydrogen-bond donors (Lipinski definition) is 0. The minimum atomic E-state index is -4.56. The maximum atomic E-state index is 12.8. The average molecular weight is 279 g/mol. The zero-order valence-corrected chi connectivity index (χ0v) is 10.7. The Bertz CT molecular complexity index is 648. The number of alkyl halides is 3. The normalized spacial score (nSPS) is 12.5. The second-order valence-corrected chi connectivity index (χ2v) is 4.33. The Labute approximate surface area is 114 Å². The smallest absolute Gasteiger partial charge is 0.422 e. The highest BCUT2D eigenvalue weighted by molar-refractivity contribution is 5.78. The Morgan fingerprint density at radius 3 is 2.25 bits per heavy atom. The lowest BCUT2D eigenvalue weighted by Gasteiger charge is -2.11. The zero-order valence-electron chi connectivity index (χ0n) is 10.7. The van der Waals surface area contributed by atoms with Crippen LogP contribution in [0.3, 0.4) is 0 Å². The molecule has 0 aliphatic carbocycles. The summed E-state index contributed by atoms with van der Waals surface area (Å²) in [6, 6.07) is 11.7. The first-order valence-electron chi connectivity index (χ1n) is 5.92. The van der Waals surface area contributed by atoms with Crippen molar-refractivity contribution in [1.29, 1.82) is 0 Å². The Hall–Kier alpha value is -2.30. The van der Waals surface area contributed by atoms with Gasteiger partial charge in [0.05, 0.1) is 0 Å². The van der Waals surface area contributed by atoms with E-state index in [1.54, 1.807) is 31.2 Å². The van der Waals surface area contributed by atoms with Gasteiger partial charge in [0.1, 0.15) is 5.56 Å². The lowest BCUT2D eigenvalue weighted by atomic mass is 10.1. The van der Waals surface area contributed by atoms with Gasteiger partial charge in [0.25, 0.3) is 0 Å². The Morgan fingerprint density at radius 1 is 1.00 bits per heavy atom. The summed E-state index contributed by atoms with van der Waals surface area (Å²) in [5, 5.41) is 12.0. The molecule has 0 aromatic heterocycles. The molecule has 2 nitrogen and oxygen atoms in total. The standard InChI is InChI=1S/C15H12F3NO/c1-11-6-2-3-7-12(11)10-19(20)14-9-5-4-8-13(14)15(16,17)18/h2-10H,1H3. The average Bonchev–Trinajstić information content (AvgIpc) is 2.40. The monoisotopic (exact) mass is 279 g/mol. The first-order valence-corrected chi connectivity index (χ1v) is 5.92. The van der Waals surface area contributed by atoms with Crippen LogP contribution >= 0.6 is 0 Å². The third kappa shape index (κ3) is 2.99. The summed E-state index contributed by atoms with van der Waals surface area (Å²) >= 11 is 0. The van der Waals surface area contributed by atoms with Crippen LogP contribution in [0.5, 0.6) is 0 Å². The molecule has 0 radical (unpaired) electrons. The van der Waals surface area contributed by atoms with E-state index in [0.717, 1.165) is 23.9 Å². The summed E-state index contributed by atoms with van der Waals surface area (Å²) in [6.07, 6.45) is -3.40. The fourth-order valence-corrected chi connectivity index (χ4v) is 1.83. The number of aryl methyl sites for hydroxylation is 1. The predicted octanol–water partition coefficient (Wildman–Crippen LogP) is 4.27. The SMILES string of the molecule is Cc1ccccc1C=[N+]([O-])c1ccccc1C(F)(F)F. The maximum Gasteiger partial charge on any atom is 0.422 e. The molecule has 0 saturated carbocycles. The maximum absolute atomic E-state index is 12.8. The van der Waals surface area contributed by atoms with Gasteiger partial charge in [0.2, 0.25) is 5.69 Å². The fourth-order valence-electron chi connectivity index (χ4n) is 1.83. The Kier molecular flexibility index (Phi) is 3.79. The van der Waals surface area contributed by atoms with E-state index in [4.69, 9.17) is 0 Å². The highest BCUT2D eigenvalue weighted by atomic mass is 19.4. The van der Waals surface area contributed by atoms with Crippen molar-refractivity contribution in [3.05, 3.63) is 70.4 Å². The summed E-state index contributed by atoms with van der Waals surface area (Å²) < 4.78 is 38.8. The van der Waals surface area contributed by atoms with Crippen molar-refractivity contribution >= 4 is 11.9 Å². The van der Waals surface area contributed by atoms with Crippen molar-refractivity contribution in [3.8, 4) is 0 Å². The molecule has 0 atom stereocenters. The third-order valence-electron chi connectivity index (χ3n) is 2.89. The molecule has 104 valence electrons. The molecule has 0 fully saturated rings. The number of para-hydroxylation sites is 1. The highest BCUT2D eigenvalue weighted by Gasteiger charge is 2.36. The molecule has 0 saturated heterocycles. The number of hydrogen-bond acceptors (Lipinski definition) is 1. The van der Waals surface area contributed by atoms with E-state index in [-0.39, 0.29) is 4.74 Å².